The minimum atomic E-state index is 0.402. The Labute approximate surface area is 150 Å². The van der Waals surface area contributed by atoms with E-state index in [1.165, 1.54) is 45.1 Å². The van der Waals surface area contributed by atoms with E-state index in [1.807, 2.05) is 30.3 Å². The van der Waals surface area contributed by atoms with Crippen LogP contribution < -0.4 is 4.74 Å². The van der Waals surface area contributed by atoms with Crippen LogP contribution in [0.5, 0.6) is 11.5 Å². The van der Waals surface area contributed by atoms with Crippen molar-refractivity contribution in [2.75, 3.05) is 13.6 Å². The highest BCUT2D eigenvalue weighted by molar-refractivity contribution is 5.46. The number of hydrogen-bond acceptors (Lipinski definition) is 2. The van der Waals surface area contributed by atoms with E-state index in [0.29, 0.717) is 5.41 Å². The van der Waals surface area contributed by atoms with Gasteiger partial charge in [-0.3, -0.25) is 0 Å². The fourth-order valence-electron chi connectivity index (χ4n) is 5.86. The van der Waals surface area contributed by atoms with Crippen molar-refractivity contribution in [2.45, 2.75) is 50.0 Å². The molecule has 1 aliphatic heterocycles. The van der Waals surface area contributed by atoms with Gasteiger partial charge in [0.25, 0.3) is 0 Å². The van der Waals surface area contributed by atoms with Crippen LogP contribution in [-0.4, -0.2) is 24.5 Å². The molecule has 2 heteroatoms. The molecule has 25 heavy (non-hydrogen) atoms. The molecule has 0 spiro atoms. The lowest BCUT2D eigenvalue weighted by atomic mass is 9.52. The van der Waals surface area contributed by atoms with Gasteiger partial charge in [0.15, 0.2) is 0 Å². The Bertz CT molecular complexity index is 771. The molecule has 0 N–H and O–H groups in total. The summed E-state index contributed by atoms with van der Waals surface area (Å²) in [6.45, 7) is 1.24. The van der Waals surface area contributed by atoms with Crippen LogP contribution in [0.1, 0.15) is 43.2 Å². The highest BCUT2D eigenvalue weighted by Crippen LogP contribution is 2.56. The molecule has 5 rings (SSSR count). The number of hydrogen-bond donors (Lipinski definition) is 0. The van der Waals surface area contributed by atoms with Crippen LogP contribution in [0.4, 0.5) is 0 Å². The van der Waals surface area contributed by atoms with E-state index in [1.54, 1.807) is 11.1 Å². The Morgan fingerprint density at radius 3 is 2.76 bits per heavy atom. The van der Waals surface area contributed by atoms with Gasteiger partial charge in [0.05, 0.1) is 0 Å². The van der Waals surface area contributed by atoms with Gasteiger partial charge in [0.2, 0.25) is 0 Å². The zero-order chi connectivity index (χ0) is 16.9. The standard InChI is InChI=1S/C23H27NO/c1-24-14-13-23-12-6-5-9-20(23)22(24)15-17-10-11-19(16-21(17)23)25-18-7-3-2-4-8-18/h2-4,7-8,10-11,16,20,22H,5-6,9,12-15H2,1H3/t20-,22-,23-/m0/s1. The third kappa shape index (κ3) is 2.42. The molecule has 130 valence electrons. The molecule has 2 aliphatic carbocycles. The highest BCUT2D eigenvalue weighted by atomic mass is 16.5. The van der Waals surface area contributed by atoms with Gasteiger partial charge < -0.3 is 9.64 Å². The lowest BCUT2D eigenvalue weighted by Gasteiger charge is -2.58. The van der Waals surface area contributed by atoms with Crippen LogP contribution in [0.2, 0.25) is 0 Å². The van der Waals surface area contributed by atoms with Crippen molar-refractivity contribution in [3.8, 4) is 11.5 Å². The summed E-state index contributed by atoms with van der Waals surface area (Å²) in [6.07, 6.45) is 8.08. The van der Waals surface area contributed by atoms with E-state index in [0.717, 1.165) is 23.5 Å². The van der Waals surface area contributed by atoms with Gasteiger partial charge in [-0.25, -0.2) is 0 Å². The first-order valence-corrected chi connectivity index (χ1v) is 9.83. The second-order valence-corrected chi connectivity index (χ2v) is 8.24. The zero-order valence-corrected chi connectivity index (χ0v) is 15.1. The molecule has 1 saturated heterocycles. The molecule has 0 radical (unpaired) electrons. The molecule has 0 aromatic heterocycles. The topological polar surface area (TPSA) is 12.5 Å². The molecular formula is C23H27NO. The van der Waals surface area contributed by atoms with Crippen LogP contribution >= 0.6 is 0 Å². The third-order valence-corrected chi connectivity index (χ3v) is 7.06. The van der Waals surface area contributed by atoms with E-state index in [2.05, 4.69) is 30.1 Å². The predicted molar refractivity (Wildman–Crippen MR) is 101 cm³/mol. The zero-order valence-electron chi connectivity index (χ0n) is 15.1. The summed E-state index contributed by atoms with van der Waals surface area (Å²) in [7, 11) is 2.33. The summed E-state index contributed by atoms with van der Waals surface area (Å²) in [4.78, 5) is 2.63. The van der Waals surface area contributed by atoms with Gasteiger partial charge in [-0.1, -0.05) is 37.1 Å². The summed E-state index contributed by atoms with van der Waals surface area (Å²) in [5, 5.41) is 0. The number of rotatable bonds is 2. The molecule has 2 aromatic carbocycles. The maximum Gasteiger partial charge on any atom is 0.127 e. The molecule has 2 nitrogen and oxygen atoms in total. The summed E-state index contributed by atoms with van der Waals surface area (Å²) < 4.78 is 6.17. The van der Waals surface area contributed by atoms with Crippen LogP contribution in [0, 0.1) is 5.92 Å². The van der Waals surface area contributed by atoms with Gasteiger partial charge in [0, 0.05) is 11.5 Å². The van der Waals surface area contributed by atoms with E-state index < -0.39 is 0 Å². The number of fused-ring (bicyclic) bond motifs is 1. The third-order valence-electron chi connectivity index (χ3n) is 7.06. The van der Waals surface area contributed by atoms with E-state index in [9.17, 15) is 0 Å². The summed E-state index contributed by atoms with van der Waals surface area (Å²) in [5.74, 6) is 2.76. The van der Waals surface area contributed by atoms with Crippen LogP contribution in [-0.2, 0) is 11.8 Å². The highest BCUT2D eigenvalue weighted by Gasteiger charge is 2.53. The molecule has 3 atom stereocenters. The number of ether oxygens (including phenoxy) is 1. The smallest absolute Gasteiger partial charge is 0.127 e. The fraction of sp³-hybridized carbons (Fsp3) is 0.478. The molecule has 2 fully saturated rings. The van der Waals surface area contributed by atoms with Crippen molar-refractivity contribution in [2.24, 2.45) is 5.92 Å². The minimum Gasteiger partial charge on any atom is -0.457 e. The van der Waals surface area contributed by atoms with E-state index in [4.69, 9.17) is 4.74 Å². The minimum absolute atomic E-state index is 0.402. The van der Waals surface area contributed by atoms with Crippen molar-refractivity contribution in [1.82, 2.24) is 4.90 Å². The van der Waals surface area contributed by atoms with Gasteiger partial charge in [0.1, 0.15) is 11.5 Å². The van der Waals surface area contributed by atoms with Crippen molar-refractivity contribution in [3.05, 3.63) is 59.7 Å². The molecule has 0 unspecified atom stereocenters. The Morgan fingerprint density at radius 1 is 1.00 bits per heavy atom. The first-order valence-electron chi connectivity index (χ1n) is 9.83. The Balaban J connectivity index is 1.56. The maximum atomic E-state index is 6.17. The quantitative estimate of drug-likeness (QED) is 0.752. The molecule has 0 amide bonds. The van der Waals surface area contributed by atoms with Gasteiger partial charge >= 0.3 is 0 Å². The second-order valence-electron chi connectivity index (χ2n) is 8.24. The molecule has 1 saturated carbocycles. The van der Waals surface area contributed by atoms with Gasteiger partial charge in [-0.05, 0) is 80.6 Å². The number of piperidine rings is 1. The predicted octanol–water partition coefficient (Wildman–Crippen LogP) is 5.17. The van der Waals surface area contributed by atoms with E-state index in [-0.39, 0.29) is 0 Å². The number of benzene rings is 2. The van der Waals surface area contributed by atoms with Gasteiger partial charge in [-0.15, -0.1) is 0 Å². The summed E-state index contributed by atoms with van der Waals surface area (Å²) >= 11 is 0. The lowest BCUT2D eigenvalue weighted by Crippen LogP contribution is -2.59. The second kappa shape index (κ2) is 5.88. The molecule has 2 aromatic rings. The largest absolute Gasteiger partial charge is 0.457 e. The molecule has 3 aliphatic rings. The Kier molecular flexibility index (Phi) is 3.63. The van der Waals surface area contributed by atoms with Gasteiger partial charge in [-0.2, -0.15) is 0 Å². The number of nitrogens with zero attached hydrogens (tertiary/aromatic N) is 1. The van der Waals surface area contributed by atoms with Crippen molar-refractivity contribution < 1.29 is 4.74 Å². The Morgan fingerprint density at radius 2 is 1.88 bits per heavy atom. The number of likely N-dealkylation sites (N-methyl/N-ethyl adjacent to an activating group) is 1. The van der Waals surface area contributed by atoms with Crippen LogP contribution in [0.15, 0.2) is 48.5 Å². The summed E-state index contributed by atoms with van der Waals surface area (Å²) in [5.41, 5.74) is 3.57. The average Bonchev–Trinajstić information content (AvgIpc) is 2.66. The number of likely N-dealkylation sites (tertiary alicyclic amines) is 1. The monoisotopic (exact) mass is 333 g/mol. The Hall–Kier alpha value is -1.80. The normalized spacial score (nSPS) is 31.1. The first kappa shape index (κ1) is 15.5. The molecule has 2 bridgehead atoms. The van der Waals surface area contributed by atoms with E-state index >= 15 is 0 Å². The molecular weight excluding hydrogens is 306 g/mol. The van der Waals surface area contributed by atoms with Crippen molar-refractivity contribution >= 4 is 0 Å². The number of para-hydroxylation sites is 1. The SMILES string of the molecule is CN1CC[C@@]23CCCC[C@H]2[C@@H]1Cc1ccc(Oc2ccccc2)cc13. The van der Waals surface area contributed by atoms with Crippen LogP contribution in [0.25, 0.3) is 0 Å². The summed E-state index contributed by atoms with van der Waals surface area (Å²) in [6, 6.07) is 17.8. The average molecular weight is 333 g/mol. The van der Waals surface area contributed by atoms with Crippen LogP contribution in [0.3, 0.4) is 0 Å². The lowest BCUT2D eigenvalue weighted by molar-refractivity contribution is 0.00276. The first-order chi connectivity index (χ1) is 12.3. The fourth-order valence-corrected chi connectivity index (χ4v) is 5.86. The van der Waals surface area contributed by atoms with Crippen molar-refractivity contribution in [1.29, 1.82) is 0 Å². The molecule has 1 heterocycles. The maximum absolute atomic E-state index is 6.17. The van der Waals surface area contributed by atoms with Crippen molar-refractivity contribution in [3.63, 3.8) is 0 Å².